The number of hydrogen-bond acceptors (Lipinski definition) is 3. The molecule has 3 heteroatoms. The van der Waals surface area contributed by atoms with Crippen LogP contribution in [0.15, 0.2) is 24.8 Å². The van der Waals surface area contributed by atoms with Crippen LogP contribution in [0.4, 0.5) is 5.82 Å². The SMILES string of the molecule is C=CCN(c1ccc(CO)c(C)n1)C(C)(C)C. The van der Waals surface area contributed by atoms with Gasteiger partial charge in [0.25, 0.3) is 0 Å². The minimum absolute atomic E-state index is 0.00559. The van der Waals surface area contributed by atoms with E-state index in [0.29, 0.717) is 0 Å². The van der Waals surface area contributed by atoms with Crippen molar-refractivity contribution in [1.82, 2.24) is 4.98 Å². The zero-order valence-corrected chi connectivity index (χ0v) is 11.2. The standard InChI is InChI=1S/C14H22N2O/c1-6-9-16(14(3,4)5)13-8-7-12(10-17)11(2)15-13/h6-8,17H,1,9-10H2,2-5H3. The minimum atomic E-state index is -0.00559. The maximum Gasteiger partial charge on any atom is 0.129 e. The van der Waals surface area contributed by atoms with Crippen LogP contribution in [0.5, 0.6) is 0 Å². The first kappa shape index (κ1) is 13.7. The van der Waals surface area contributed by atoms with Crippen molar-refractivity contribution >= 4 is 5.82 Å². The predicted molar refractivity (Wildman–Crippen MR) is 72.2 cm³/mol. The van der Waals surface area contributed by atoms with Gasteiger partial charge in [0.1, 0.15) is 5.82 Å². The lowest BCUT2D eigenvalue weighted by molar-refractivity contribution is 0.280. The monoisotopic (exact) mass is 234 g/mol. The van der Waals surface area contributed by atoms with Crippen molar-refractivity contribution in [2.45, 2.75) is 39.8 Å². The Hall–Kier alpha value is -1.35. The molecular weight excluding hydrogens is 212 g/mol. The maximum atomic E-state index is 9.14. The average Bonchev–Trinajstić information content (AvgIpc) is 2.24. The summed E-state index contributed by atoms with van der Waals surface area (Å²) in [6, 6.07) is 3.88. The van der Waals surface area contributed by atoms with Gasteiger partial charge in [-0.05, 0) is 39.3 Å². The van der Waals surface area contributed by atoms with E-state index in [1.54, 1.807) is 0 Å². The molecule has 0 saturated heterocycles. The summed E-state index contributed by atoms with van der Waals surface area (Å²) >= 11 is 0. The molecule has 0 amide bonds. The second-order valence-corrected chi connectivity index (χ2v) is 5.14. The molecule has 0 bridgehead atoms. The lowest BCUT2D eigenvalue weighted by Crippen LogP contribution is -2.42. The number of aryl methyl sites for hydroxylation is 1. The minimum Gasteiger partial charge on any atom is -0.392 e. The normalized spacial score (nSPS) is 11.4. The molecule has 0 aliphatic carbocycles. The average molecular weight is 234 g/mol. The van der Waals surface area contributed by atoms with Gasteiger partial charge in [-0.25, -0.2) is 4.98 Å². The van der Waals surface area contributed by atoms with Gasteiger partial charge in [-0.15, -0.1) is 6.58 Å². The van der Waals surface area contributed by atoms with Crippen molar-refractivity contribution < 1.29 is 5.11 Å². The summed E-state index contributed by atoms with van der Waals surface area (Å²) in [6.07, 6.45) is 1.88. The Bertz CT molecular complexity index is 394. The molecule has 1 heterocycles. The van der Waals surface area contributed by atoms with E-state index in [1.165, 1.54) is 0 Å². The number of rotatable bonds is 4. The van der Waals surface area contributed by atoms with Crippen molar-refractivity contribution in [1.29, 1.82) is 0 Å². The zero-order chi connectivity index (χ0) is 13.1. The van der Waals surface area contributed by atoms with Gasteiger partial charge in [0.2, 0.25) is 0 Å². The van der Waals surface area contributed by atoms with E-state index in [2.05, 4.69) is 37.2 Å². The van der Waals surface area contributed by atoms with E-state index < -0.39 is 0 Å². The molecule has 1 N–H and O–H groups in total. The Morgan fingerprint density at radius 1 is 1.41 bits per heavy atom. The molecule has 0 aliphatic rings. The molecule has 0 atom stereocenters. The number of pyridine rings is 1. The van der Waals surface area contributed by atoms with Crippen LogP contribution in [-0.2, 0) is 6.61 Å². The number of aromatic nitrogens is 1. The summed E-state index contributed by atoms with van der Waals surface area (Å²) in [5.74, 6) is 0.923. The molecule has 94 valence electrons. The number of hydrogen-bond donors (Lipinski definition) is 1. The zero-order valence-electron chi connectivity index (χ0n) is 11.2. The number of aliphatic hydroxyl groups excluding tert-OH is 1. The van der Waals surface area contributed by atoms with Gasteiger partial charge >= 0.3 is 0 Å². The first-order valence-corrected chi connectivity index (χ1v) is 5.86. The van der Waals surface area contributed by atoms with Gasteiger partial charge in [-0.1, -0.05) is 12.1 Å². The van der Waals surface area contributed by atoms with Crippen molar-refractivity contribution in [3.8, 4) is 0 Å². The van der Waals surface area contributed by atoms with Crippen LogP contribution in [0, 0.1) is 6.92 Å². The van der Waals surface area contributed by atoms with Gasteiger partial charge in [0.05, 0.1) is 6.61 Å². The third kappa shape index (κ3) is 3.30. The Balaban J connectivity index is 3.11. The van der Waals surface area contributed by atoms with E-state index >= 15 is 0 Å². The summed E-state index contributed by atoms with van der Waals surface area (Å²) < 4.78 is 0. The summed E-state index contributed by atoms with van der Waals surface area (Å²) in [5, 5.41) is 9.14. The molecule has 0 aliphatic heterocycles. The van der Waals surface area contributed by atoms with Crippen LogP contribution in [0.3, 0.4) is 0 Å². The highest BCUT2D eigenvalue weighted by Gasteiger charge is 2.21. The van der Waals surface area contributed by atoms with Crippen molar-refractivity contribution in [3.05, 3.63) is 36.0 Å². The first-order chi connectivity index (χ1) is 7.90. The van der Waals surface area contributed by atoms with Crippen LogP contribution in [-0.4, -0.2) is 22.2 Å². The molecule has 0 radical (unpaired) electrons. The van der Waals surface area contributed by atoms with E-state index in [-0.39, 0.29) is 12.1 Å². The topological polar surface area (TPSA) is 36.4 Å². The summed E-state index contributed by atoms with van der Waals surface area (Å²) in [7, 11) is 0. The fourth-order valence-corrected chi connectivity index (χ4v) is 1.73. The third-order valence-electron chi connectivity index (χ3n) is 2.75. The summed E-state index contributed by atoms with van der Waals surface area (Å²) in [5.41, 5.74) is 1.75. The maximum absolute atomic E-state index is 9.14. The van der Waals surface area contributed by atoms with Gasteiger partial charge in [0.15, 0.2) is 0 Å². The largest absolute Gasteiger partial charge is 0.392 e. The molecular formula is C14H22N2O. The lowest BCUT2D eigenvalue weighted by Gasteiger charge is -2.36. The fourth-order valence-electron chi connectivity index (χ4n) is 1.73. The Morgan fingerprint density at radius 2 is 2.06 bits per heavy atom. The third-order valence-corrected chi connectivity index (χ3v) is 2.75. The van der Waals surface area contributed by atoms with Gasteiger partial charge in [0, 0.05) is 17.8 Å². The van der Waals surface area contributed by atoms with Crippen LogP contribution >= 0.6 is 0 Å². The summed E-state index contributed by atoms with van der Waals surface area (Å²) in [4.78, 5) is 6.74. The van der Waals surface area contributed by atoms with Crippen LogP contribution < -0.4 is 4.90 Å². The van der Waals surface area contributed by atoms with E-state index in [0.717, 1.165) is 23.6 Å². The molecule has 0 fully saturated rings. The van der Waals surface area contributed by atoms with Gasteiger partial charge in [-0.2, -0.15) is 0 Å². The molecule has 0 unspecified atom stereocenters. The van der Waals surface area contributed by atoms with Gasteiger partial charge in [-0.3, -0.25) is 0 Å². The van der Waals surface area contributed by atoms with Gasteiger partial charge < -0.3 is 10.0 Å². The van der Waals surface area contributed by atoms with E-state index in [4.69, 9.17) is 5.11 Å². The summed E-state index contributed by atoms with van der Waals surface area (Å²) in [6.45, 7) is 12.9. The second-order valence-electron chi connectivity index (χ2n) is 5.14. The Morgan fingerprint density at radius 3 is 2.47 bits per heavy atom. The van der Waals surface area contributed by atoms with E-state index in [9.17, 15) is 0 Å². The van der Waals surface area contributed by atoms with Crippen LogP contribution in [0.1, 0.15) is 32.0 Å². The molecule has 1 aromatic rings. The molecule has 0 spiro atoms. The predicted octanol–water partition coefficient (Wildman–Crippen LogP) is 2.67. The highest BCUT2D eigenvalue weighted by molar-refractivity contribution is 5.44. The highest BCUT2D eigenvalue weighted by atomic mass is 16.3. The molecule has 17 heavy (non-hydrogen) atoms. The first-order valence-electron chi connectivity index (χ1n) is 5.86. The Labute approximate surface area is 104 Å². The van der Waals surface area contributed by atoms with Crippen molar-refractivity contribution in [3.63, 3.8) is 0 Å². The molecule has 1 aromatic heterocycles. The van der Waals surface area contributed by atoms with Crippen molar-refractivity contribution in [2.24, 2.45) is 0 Å². The fraction of sp³-hybridized carbons (Fsp3) is 0.500. The smallest absolute Gasteiger partial charge is 0.129 e. The number of anilines is 1. The highest BCUT2D eigenvalue weighted by Crippen LogP contribution is 2.23. The molecule has 1 rings (SSSR count). The lowest BCUT2D eigenvalue weighted by atomic mass is 10.1. The second kappa shape index (κ2) is 5.32. The number of aliphatic hydroxyl groups is 1. The van der Waals surface area contributed by atoms with Crippen LogP contribution in [0.25, 0.3) is 0 Å². The quantitative estimate of drug-likeness (QED) is 0.814. The molecule has 0 saturated carbocycles. The van der Waals surface area contributed by atoms with Crippen molar-refractivity contribution in [2.75, 3.05) is 11.4 Å². The van der Waals surface area contributed by atoms with E-state index in [1.807, 2.05) is 25.1 Å². The Kier molecular flexibility index (Phi) is 4.29. The number of nitrogens with zero attached hydrogens (tertiary/aromatic N) is 2. The van der Waals surface area contributed by atoms with Crippen LogP contribution in [0.2, 0.25) is 0 Å². The molecule has 0 aromatic carbocycles. The molecule has 3 nitrogen and oxygen atoms in total.